The lowest BCUT2D eigenvalue weighted by molar-refractivity contribution is 0.298. The molecule has 2 rings (SSSR count). The maximum absolute atomic E-state index is 13.7. The van der Waals surface area contributed by atoms with Gasteiger partial charge in [-0.05, 0) is 13.0 Å². The molecule has 1 aromatic carbocycles. The second-order valence-electron chi connectivity index (χ2n) is 4.03. The smallest absolute Gasteiger partial charge is 0.142 e. The Labute approximate surface area is 103 Å². The number of aliphatic imine (C=N–C) groups is 2. The predicted molar refractivity (Wildman–Crippen MR) is 64.6 cm³/mol. The number of ether oxygens (including phenoxy) is 1. The summed E-state index contributed by atoms with van der Waals surface area (Å²) in [6.07, 6.45) is 2.21. The van der Waals surface area contributed by atoms with Gasteiger partial charge in [-0.3, -0.25) is 4.99 Å². The van der Waals surface area contributed by atoms with Crippen molar-refractivity contribution in [1.82, 2.24) is 0 Å². The maximum atomic E-state index is 13.7. The van der Waals surface area contributed by atoms with E-state index in [1.54, 1.807) is 0 Å². The predicted octanol–water partition coefficient (Wildman–Crippen LogP) is 1.59. The molecule has 2 atom stereocenters. The van der Waals surface area contributed by atoms with E-state index >= 15 is 0 Å². The Kier molecular flexibility index (Phi) is 3.38. The van der Waals surface area contributed by atoms with Gasteiger partial charge in [-0.15, -0.1) is 0 Å². The molecule has 1 aliphatic rings. The van der Waals surface area contributed by atoms with Gasteiger partial charge in [0.1, 0.15) is 23.6 Å². The summed E-state index contributed by atoms with van der Waals surface area (Å²) in [5.74, 6) is -1.24. The van der Waals surface area contributed by atoms with Gasteiger partial charge in [0.05, 0.1) is 19.0 Å². The molecule has 1 saturated heterocycles. The van der Waals surface area contributed by atoms with Crippen LogP contribution in [-0.4, -0.2) is 25.3 Å². The van der Waals surface area contributed by atoms with Gasteiger partial charge in [0, 0.05) is 11.6 Å². The molecule has 0 amide bonds. The van der Waals surface area contributed by atoms with Crippen molar-refractivity contribution < 1.29 is 13.5 Å². The molecule has 6 heteroatoms. The summed E-state index contributed by atoms with van der Waals surface area (Å²) in [6.45, 7) is 2.03. The van der Waals surface area contributed by atoms with E-state index in [9.17, 15) is 8.78 Å². The van der Waals surface area contributed by atoms with E-state index in [-0.39, 0.29) is 12.6 Å². The standard InChI is InChI=1S/C12H13F2N3O/c1-8-12(18-8,5-16-7-17-6-15)10-3-2-9(13)4-11(10)14/h2-4,6-8H,5H2,1H3,(H2,15,16,17). The highest BCUT2D eigenvalue weighted by Crippen LogP contribution is 2.47. The summed E-state index contributed by atoms with van der Waals surface area (Å²) in [6, 6.07) is 3.43. The Morgan fingerprint density at radius 1 is 1.50 bits per heavy atom. The van der Waals surface area contributed by atoms with E-state index in [0.29, 0.717) is 5.56 Å². The molecular weight excluding hydrogens is 240 g/mol. The highest BCUT2D eigenvalue weighted by Gasteiger charge is 2.56. The zero-order chi connectivity index (χ0) is 13.2. The zero-order valence-electron chi connectivity index (χ0n) is 9.81. The number of nitrogens with zero attached hydrogens (tertiary/aromatic N) is 2. The summed E-state index contributed by atoms with van der Waals surface area (Å²) in [5.41, 5.74) is 4.55. The molecule has 2 unspecified atom stereocenters. The van der Waals surface area contributed by atoms with Crippen LogP contribution in [0.4, 0.5) is 8.78 Å². The van der Waals surface area contributed by atoms with Gasteiger partial charge in [0.25, 0.3) is 0 Å². The largest absolute Gasteiger partial charge is 0.390 e. The van der Waals surface area contributed by atoms with Crippen molar-refractivity contribution in [2.45, 2.75) is 18.6 Å². The minimum Gasteiger partial charge on any atom is -0.390 e. The molecule has 2 N–H and O–H groups in total. The fourth-order valence-corrected chi connectivity index (χ4v) is 1.91. The first-order valence-corrected chi connectivity index (χ1v) is 5.45. The summed E-state index contributed by atoms with van der Waals surface area (Å²) >= 11 is 0. The van der Waals surface area contributed by atoms with Crippen LogP contribution in [-0.2, 0) is 10.3 Å². The first-order chi connectivity index (χ1) is 8.60. The number of epoxide rings is 1. The number of halogens is 2. The van der Waals surface area contributed by atoms with E-state index in [4.69, 9.17) is 10.5 Å². The zero-order valence-corrected chi connectivity index (χ0v) is 9.81. The Bertz CT molecular complexity index is 504. The SMILES string of the molecule is CC1OC1(CN=CN=CN)c1ccc(F)cc1F. The molecule has 0 saturated carbocycles. The summed E-state index contributed by atoms with van der Waals surface area (Å²) in [5, 5.41) is 0. The first-order valence-electron chi connectivity index (χ1n) is 5.45. The van der Waals surface area contributed by atoms with Crippen LogP contribution in [0, 0.1) is 11.6 Å². The number of benzene rings is 1. The number of hydrogen-bond donors (Lipinski definition) is 1. The van der Waals surface area contributed by atoms with Crippen molar-refractivity contribution in [3.63, 3.8) is 0 Å². The van der Waals surface area contributed by atoms with Gasteiger partial charge >= 0.3 is 0 Å². The van der Waals surface area contributed by atoms with Gasteiger partial charge < -0.3 is 10.5 Å². The Morgan fingerprint density at radius 3 is 2.78 bits per heavy atom. The molecule has 1 fully saturated rings. The Hall–Kier alpha value is -1.82. The fraction of sp³-hybridized carbons (Fsp3) is 0.333. The second kappa shape index (κ2) is 4.81. The first kappa shape index (κ1) is 12.6. The van der Waals surface area contributed by atoms with Crippen molar-refractivity contribution >= 4 is 12.7 Å². The number of hydrogen-bond acceptors (Lipinski definition) is 2. The van der Waals surface area contributed by atoms with E-state index in [2.05, 4.69) is 9.98 Å². The molecule has 1 aromatic rings. The molecule has 0 aliphatic carbocycles. The minimum atomic E-state index is -0.821. The maximum Gasteiger partial charge on any atom is 0.142 e. The Balaban J connectivity index is 2.22. The van der Waals surface area contributed by atoms with Crippen LogP contribution < -0.4 is 5.73 Å². The van der Waals surface area contributed by atoms with Crippen molar-refractivity contribution in [3.05, 3.63) is 35.4 Å². The van der Waals surface area contributed by atoms with Gasteiger partial charge in [-0.25, -0.2) is 13.8 Å². The Morgan fingerprint density at radius 2 is 2.22 bits per heavy atom. The fourth-order valence-electron chi connectivity index (χ4n) is 1.91. The molecule has 96 valence electrons. The van der Waals surface area contributed by atoms with E-state index < -0.39 is 17.2 Å². The normalized spacial score (nSPS) is 27.2. The lowest BCUT2D eigenvalue weighted by Crippen LogP contribution is -2.18. The number of rotatable bonds is 4. The number of nitrogens with two attached hydrogens (primary N) is 1. The molecule has 0 spiro atoms. The molecule has 1 aliphatic heterocycles. The third-order valence-corrected chi connectivity index (χ3v) is 2.93. The van der Waals surface area contributed by atoms with Crippen LogP contribution in [0.15, 0.2) is 28.2 Å². The summed E-state index contributed by atoms with van der Waals surface area (Å²) in [7, 11) is 0. The second-order valence-corrected chi connectivity index (χ2v) is 4.03. The van der Waals surface area contributed by atoms with Gasteiger partial charge in [-0.2, -0.15) is 0 Å². The minimum absolute atomic E-state index is 0.170. The van der Waals surface area contributed by atoms with Crippen molar-refractivity contribution in [2.24, 2.45) is 15.7 Å². The van der Waals surface area contributed by atoms with E-state index in [1.165, 1.54) is 18.5 Å². The quantitative estimate of drug-likeness (QED) is 0.503. The molecule has 0 bridgehead atoms. The molecular formula is C12H13F2N3O. The van der Waals surface area contributed by atoms with Crippen LogP contribution in [0.2, 0.25) is 0 Å². The van der Waals surface area contributed by atoms with E-state index in [0.717, 1.165) is 12.4 Å². The lowest BCUT2D eigenvalue weighted by atomic mass is 9.95. The van der Waals surface area contributed by atoms with Crippen LogP contribution >= 0.6 is 0 Å². The lowest BCUT2D eigenvalue weighted by Gasteiger charge is -2.11. The monoisotopic (exact) mass is 253 g/mol. The van der Waals surface area contributed by atoms with E-state index in [1.807, 2.05) is 6.92 Å². The van der Waals surface area contributed by atoms with Crippen molar-refractivity contribution in [3.8, 4) is 0 Å². The average Bonchev–Trinajstić information content (AvgIpc) is 2.96. The molecule has 1 heterocycles. The van der Waals surface area contributed by atoms with Crippen molar-refractivity contribution in [2.75, 3.05) is 6.54 Å². The van der Waals surface area contributed by atoms with Gasteiger partial charge in [0.2, 0.25) is 0 Å². The third-order valence-electron chi connectivity index (χ3n) is 2.93. The summed E-state index contributed by atoms with van der Waals surface area (Å²) < 4.78 is 32.0. The van der Waals surface area contributed by atoms with Crippen LogP contribution in [0.3, 0.4) is 0 Å². The third kappa shape index (κ3) is 2.24. The van der Waals surface area contributed by atoms with Crippen LogP contribution in [0.5, 0.6) is 0 Å². The average molecular weight is 253 g/mol. The highest BCUT2D eigenvalue weighted by atomic mass is 19.1. The molecule has 0 aromatic heterocycles. The molecule has 18 heavy (non-hydrogen) atoms. The highest BCUT2D eigenvalue weighted by molar-refractivity contribution is 5.69. The van der Waals surface area contributed by atoms with Crippen LogP contribution in [0.1, 0.15) is 12.5 Å². The molecule has 0 radical (unpaired) electrons. The van der Waals surface area contributed by atoms with Gasteiger partial charge in [-0.1, -0.05) is 6.07 Å². The topological polar surface area (TPSA) is 63.3 Å². The van der Waals surface area contributed by atoms with Gasteiger partial charge in [0.15, 0.2) is 0 Å². The van der Waals surface area contributed by atoms with Crippen molar-refractivity contribution in [1.29, 1.82) is 0 Å². The molecule has 4 nitrogen and oxygen atoms in total. The summed E-state index contributed by atoms with van der Waals surface area (Å²) in [4.78, 5) is 7.61. The van der Waals surface area contributed by atoms with Crippen LogP contribution in [0.25, 0.3) is 0 Å².